The second-order valence-corrected chi connectivity index (χ2v) is 9.08. The van der Waals surface area contributed by atoms with Gasteiger partial charge in [-0.3, -0.25) is 0 Å². The highest BCUT2D eigenvalue weighted by Crippen LogP contribution is 2.22. The minimum atomic E-state index is 0.539. The van der Waals surface area contributed by atoms with Gasteiger partial charge in [-0.1, -0.05) is 79.1 Å². The van der Waals surface area contributed by atoms with Crippen LogP contribution in [0.3, 0.4) is 0 Å². The Bertz CT molecular complexity index is 290. The zero-order valence-corrected chi connectivity index (χ0v) is 20.1. The van der Waals surface area contributed by atoms with Gasteiger partial charge >= 0.3 is 0 Å². The van der Waals surface area contributed by atoms with Crippen molar-refractivity contribution in [3.63, 3.8) is 0 Å². The molecule has 27 heavy (non-hydrogen) atoms. The molecule has 0 aromatic heterocycles. The molecule has 0 aliphatic rings. The van der Waals surface area contributed by atoms with Crippen LogP contribution in [0.2, 0.25) is 0 Å². The van der Waals surface area contributed by atoms with E-state index >= 15 is 0 Å². The Morgan fingerprint density at radius 1 is 0.630 bits per heavy atom. The minimum Gasteiger partial charge on any atom is -0.378 e. The van der Waals surface area contributed by atoms with Gasteiger partial charge in [0, 0.05) is 12.1 Å². The lowest BCUT2D eigenvalue weighted by atomic mass is 9.91. The minimum absolute atomic E-state index is 0.539. The smallest absolute Gasteiger partial charge is 0.0622 e. The van der Waals surface area contributed by atoms with Crippen LogP contribution < -0.4 is 0 Å². The Balaban J connectivity index is 4.53. The highest BCUT2D eigenvalue weighted by molar-refractivity contribution is 4.74. The molecule has 0 aromatic carbocycles. The number of unbranched alkanes of at least 4 members (excludes halogenated alkanes) is 2. The third-order valence-corrected chi connectivity index (χ3v) is 6.38. The van der Waals surface area contributed by atoms with Crippen LogP contribution in [0.1, 0.15) is 91.9 Å². The molecule has 0 amide bonds. The average Bonchev–Trinajstić information content (AvgIpc) is 2.64. The Morgan fingerprint density at radius 2 is 1.00 bits per heavy atom. The van der Waals surface area contributed by atoms with Crippen LogP contribution in [0, 0.1) is 11.8 Å². The van der Waals surface area contributed by atoms with E-state index in [2.05, 4.69) is 65.7 Å². The molecule has 3 heteroatoms. The van der Waals surface area contributed by atoms with E-state index in [0.717, 1.165) is 25.0 Å². The summed E-state index contributed by atoms with van der Waals surface area (Å²) in [7, 11) is 8.84. The van der Waals surface area contributed by atoms with Crippen molar-refractivity contribution in [3.05, 3.63) is 0 Å². The van der Waals surface area contributed by atoms with Gasteiger partial charge in [-0.05, 0) is 52.9 Å². The molecule has 0 heterocycles. The van der Waals surface area contributed by atoms with E-state index < -0.39 is 0 Å². The van der Waals surface area contributed by atoms with E-state index in [-0.39, 0.29) is 0 Å². The fourth-order valence-corrected chi connectivity index (χ4v) is 3.93. The Kier molecular flexibility index (Phi) is 16.7. The van der Waals surface area contributed by atoms with Crippen LogP contribution in [0.4, 0.5) is 0 Å². The highest BCUT2D eigenvalue weighted by atomic mass is 16.5. The van der Waals surface area contributed by atoms with Gasteiger partial charge in [0.2, 0.25) is 0 Å². The molecule has 4 atom stereocenters. The predicted molar refractivity (Wildman–Crippen MR) is 122 cm³/mol. The van der Waals surface area contributed by atoms with Crippen LogP contribution in [-0.2, 0) is 4.74 Å². The zero-order chi connectivity index (χ0) is 20.7. The van der Waals surface area contributed by atoms with Gasteiger partial charge in [-0.15, -0.1) is 0 Å². The molecule has 0 spiro atoms. The highest BCUT2D eigenvalue weighted by Gasteiger charge is 2.20. The molecule has 4 unspecified atom stereocenters. The van der Waals surface area contributed by atoms with Crippen LogP contribution in [0.5, 0.6) is 0 Å². The lowest BCUT2D eigenvalue weighted by molar-refractivity contribution is 0.0302. The van der Waals surface area contributed by atoms with Gasteiger partial charge in [0.25, 0.3) is 0 Å². The molecule has 0 saturated heterocycles. The molecular formula is C24H52N2O. The lowest BCUT2D eigenvalue weighted by Crippen LogP contribution is -2.38. The van der Waals surface area contributed by atoms with Crippen LogP contribution in [0.25, 0.3) is 0 Å². The normalized spacial score (nSPS) is 16.7. The monoisotopic (exact) mass is 384 g/mol. The number of nitrogens with zero attached hydrogens (tertiary/aromatic N) is 2. The molecule has 0 radical (unpaired) electrons. The van der Waals surface area contributed by atoms with Gasteiger partial charge in [0.05, 0.1) is 13.2 Å². The SMILES string of the molecule is CCCCC(CC)CC(COCC(CC(CC)CCCC)N(C)C)N(C)C. The first kappa shape index (κ1) is 26.9. The molecule has 0 bridgehead atoms. The molecule has 0 aliphatic heterocycles. The number of likely N-dealkylation sites (N-methyl/N-ethyl adjacent to an activating group) is 2. The fourth-order valence-electron chi connectivity index (χ4n) is 3.93. The summed E-state index contributed by atoms with van der Waals surface area (Å²) in [5.74, 6) is 1.67. The molecule has 164 valence electrons. The van der Waals surface area contributed by atoms with Crippen molar-refractivity contribution in [1.29, 1.82) is 0 Å². The quantitative estimate of drug-likeness (QED) is 0.285. The van der Waals surface area contributed by atoms with Crippen LogP contribution in [-0.4, -0.2) is 63.3 Å². The van der Waals surface area contributed by atoms with E-state index in [1.165, 1.54) is 64.2 Å². The standard InChI is InChI=1S/C24H52N2O/c1-9-13-15-21(11-3)17-23(25(5)6)19-27-20-24(26(7)8)18-22(12-4)16-14-10-2/h21-24H,9-20H2,1-8H3. The first-order chi connectivity index (χ1) is 12.9. The molecule has 0 aromatic rings. The summed E-state index contributed by atoms with van der Waals surface area (Å²) in [6.45, 7) is 11.0. The number of hydrogen-bond acceptors (Lipinski definition) is 3. The van der Waals surface area contributed by atoms with E-state index in [1.54, 1.807) is 0 Å². The summed E-state index contributed by atoms with van der Waals surface area (Å²) in [5.41, 5.74) is 0. The summed E-state index contributed by atoms with van der Waals surface area (Å²) >= 11 is 0. The molecule has 0 N–H and O–H groups in total. The van der Waals surface area contributed by atoms with Crippen molar-refractivity contribution in [2.45, 2.75) is 104 Å². The third kappa shape index (κ3) is 12.9. The molecule has 3 nitrogen and oxygen atoms in total. The maximum Gasteiger partial charge on any atom is 0.0622 e. The zero-order valence-electron chi connectivity index (χ0n) is 20.1. The van der Waals surface area contributed by atoms with E-state index in [0.29, 0.717) is 12.1 Å². The molecule has 0 fully saturated rings. The largest absolute Gasteiger partial charge is 0.378 e. The van der Waals surface area contributed by atoms with Crippen molar-refractivity contribution in [2.24, 2.45) is 11.8 Å². The van der Waals surface area contributed by atoms with E-state index in [9.17, 15) is 0 Å². The van der Waals surface area contributed by atoms with Crippen molar-refractivity contribution < 1.29 is 4.74 Å². The van der Waals surface area contributed by atoms with Gasteiger partial charge < -0.3 is 14.5 Å². The van der Waals surface area contributed by atoms with Crippen molar-refractivity contribution in [3.8, 4) is 0 Å². The predicted octanol–water partition coefficient (Wildman–Crippen LogP) is 6.08. The fraction of sp³-hybridized carbons (Fsp3) is 1.00. The number of rotatable bonds is 18. The van der Waals surface area contributed by atoms with Gasteiger partial charge in [0.15, 0.2) is 0 Å². The Labute approximate surface area is 172 Å². The summed E-state index contributed by atoms with van der Waals surface area (Å²) in [6, 6.07) is 1.08. The number of ether oxygens (including phenoxy) is 1. The third-order valence-electron chi connectivity index (χ3n) is 6.38. The summed E-state index contributed by atoms with van der Waals surface area (Å²) in [4.78, 5) is 4.74. The number of hydrogen-bond donors (Lipinski definition) is 0. The van der Waals surface area contributed by atoms with E-state index in [4.69, 9.17) is 4.74 Å². The van der Waals surface area contributed by atoms with Gasteiger partial charge in [0.1, 0.15) is 0 Å². The second-order valence-electron chi connectivity index (χ2n) is 9.08. The van der Waals surface area contributed by atoms with E-state index in [1.807, 2.05) is 0 Å². The summed E-state index contributed by atoms with van der Waals surface area (Å²) in [5, 5.41) is 0. The van der Waals surface area contributed by atoms with Crippen LogP contribution in [0.15, 0.2) is 0 Å². The molecule has 0 aliphatic carbocycles. The maximum absolute atomic E-state index is 6.30. The van der Waals surface area contributed by atoms with Crippen molar-refractivity contribution in [1.82, 2.24) is 9.80 Å². The van der Waals surface area contributed by atoms with Crippen molar-refractivity contribution in [2.75, 3.05) is 41.4 Å². The Hall–Kier alpha value is -0.120. The first-order valence-electron chi connectivity index (χ1n) is 11.8. The summed E-state index contributed by atoms with van der Waals surface area (Å²) in [6.07, 6.45) is 13.2. The maximum atomic E-state index is 6.30. The first-order valence-corrected chi connectivity index (χ1v) is 11.8. The van der Waals surface area contributed by atoms with Gasteiger partial charge in [-0.2, -0.15) is 0 Å². The Morgan fingerprint density at radius 3 is 1.26 bits per heavy atom. The molecule has 0 saturated carbocycles. The molecule has 0 rings (SSSR count). The topological polar surface area (TPSA) is 15.7 Å². The summed E-state index contributed by atoms with van der Waals surface area (Å²) < 4.78 is 6.30. The van der Waals surface area contributed by atoms with Gasteiger partial charge in [-0.25, -0.2) is 0 Å². The molecular weight excluding hydrogens is 332 g/mol. The van der Waals surface area contributed by atoms with Crippen LogP contribution >= 0.6 is 0 Å². The lowest BCUT2D eigenvalue weighted by Gasteiger charge is -2.31. The second kappa shape index (κ2) is 16.8. The van der Waals surface area contributed by atoms with Crippen molar-refractivity contribution >= 4 is 0 Å². The average molecular weight is 385 g/mol.